The molecule has 0 saturated heterocycles. The Morgan fingerprint density at radius 1 is 1.53 bits per heavy atom. The van der Waals surface area contributed by atoms with Gasteiger partial charge >= 0.3 is 0 Å². The van der Waals surface area contributed by atoms with Crippen molar-refractivity contribution in [2.45, 2.75) is 26.0 Å². The van der Waals surface area contributed by atoms with Crippen molar-refractivity contribution in [2.75, 3.05) is 5.06 Å². The molecule has 1 aliphatic rings. The van der Waals surface area contributed by atoms with E-state index in [0.29, 0.717) is 12.8 Å². The summed E-state index contributed by atoms with van der Waals surface area (Å²) in [6.07, 6.45) is 0.638. The minimum absolute atomic E-state index is 0.0555. The first kappa shape index (κ1) is 10.1. The summed E-state index contributed by atoms with van der Waals surface area (Å²) >= 11 is 0. The van der Waals surface area contributed by atoms with Gasteiger partial charge in [0.1, 0.15) is 6.23 Å². The predicted octanol–water partition coefficient (Wildman–Crippen LogP) is 1.20. The molecule has 0 aromatic heterocycles. The van der Waals surface area contributed by atoms with Crippen LogP contribution in [0.2, 0.25) is 0 Å². The van der Waals surface area contributed by atoms with Crippen LogP contribution in [0.1, 0.15) is 18.9 Å². The number of amides is 1. The van der Waals surface area contributed by atoms with Crippen LogP contribution in [0.3, 0.4) is 0 Å². The van der Waals surface area contributed by atoms with E-state index in [-0.39, 0.29) is 5.91 Å². The molecule has 1 atom stereocenters. The predicted molar refractivity (Wildman–Crippen MR) is 57.0 cm³/mol. The molecule has 80 valence electrons. The van der Waals surface area contributed by atoms with Crippen LogP contribution in [0.25, 0.3) is 0 Å². The molecular formula is C11H14N2O2. The zero-order valence-corrected chi connectivity index (χ0v) is 8.64. The van der Waals surface area contributed by atoms with E-state index in [1.165, 1.54) is 5.06 Å². The standard InChI is InChI=1S/C11H14N2O2/c1-2-10(12)15-13-9-6-4-3-5-8(9)7-11(13)14/h3-6,10H,2,7,12H2,1H3. The van der Waals surface area contributed by atoms with Crippen molar-refractivity contribution in [1.29, 1.82) is 0 Å². The molecule has 0 saturated carbocycles. The van der Waals surface area contributed by atoms with Gasteiger partial charge in [0.15, 0.2) is 0 Å². The van der Waals surface area contributed by atoms with Gasteiger partial charge in [0, 0.05) is 0 Å². The number of fused-ring (bicyclic) bond motifs is 1. The molecule has 4 nitrogen and oxygen atoms in total. The van der Waals surface area contributed by atoms with E-state index >= 15 is 0 Å². The Morgan fingerprint density at radius 2 is 2.27 bits per heavy atom. The zero-order chi connectivity index (χ0) is 10.8. The summed E-state index contributed by atoms with van der Waals surface area (Å²) in [6, 6.07) is 7.58. The highest BCUT2D eigenvalue weighted by molar-refractivity contribution is 5.99. The number of hydroxylamine groups is 1. The molecule has 1 heterocycles. The Kier molecular flexibility index (Phi) is 2.70. The SMILES string of the molecule is CCC(N)ON1C(=O)Cc2ccccc21. The lowest BCUT2D eigenvalue weighted by Crippen LogP contribution is -2.36. The number of nitrogens with zero attached hydrogens (tertiary/aromatic N) is 1. The van der Waals surface area contributed by atoms with Crippen LogP contribution in [-0.4, -0.2) is 12.1 Å². The third-order valence-electron chi connectivity index (χ3n) is 2.42. The number of nitrogens with two attached hydrogens (primary N) is 1. The molecule has 0 radical (unpaired) electrons. The third-order valence-corrected chi connectivity index (χ3v) is 2.42. The average Bonchev–Trinajstić information content (AvgIpc) is 2.55. The van der Waals surface area contributed by atoms with Crippen LogP contribution in [0.4, 0.5) is 5.69 Å². The fraction of sp³-hybridized carbons (Fsp3) is 0.364. The average molecular weight is 206 g/mol. The summed E-state index contributed by atoms with van der Waals surface area (Å²) in [5.74, 6) is -0.0555. The van der Waals surface area contributed by atoms with Crippen LogP contribution in [-0.2, 0) is 16.1 Å². The fourth-order valence-corrected chi connectivity index (χ4v) is 1.55. The molecule has 1 unspecified atom stereocenters. The molecule has 1 amide bonds. The number of anilines is 1. The van der Waals surface area contributed by atoms with Crippen molar-refractivity contribution in [3.63, 3.8) is 0 Å². The molecule has 1 aromatic carbocycles. The lowest BCUT2D eigenvalue weighted by Gasteiger charge is -2.20. The van der Waals surface area contributed by atoms with Gasteiger partial charge in [0.25, 0.3) is 5.91 Å². The Balaban J connectivity index is 2.22. The summed E-state index contributed by atoms with van der Waals surface area (Å²) in [5.41, 5.74) is 7.46. The first-order valence-electron chi connectivity index (χ1n) is 5.05. The van der Waals surface area contributed by atoms with Gasteiger partial charge in [0.05, 0.1) is 12.1 Å². The van der Waals surface area contributed by atoms with Crippen molar-refractivity contribution in [3.05, 3.63) is 29.8 Å². The summed E-state index contributed by atoms with van der Waals surface area (Å²) in [6.45, 7) is 1.91. The maximum atomic E-state index is 11.6. The minimum atomic E-state index is -0.430. The van der Waals surface area contributed by atoms with Crippen LogP contribution in [0.15, 0.2) is 24.3 Å². The highest BCUT2D eigenvalue weighted by Gasteiger charge is 2.28. The lowest BCUT2D eigenvalue weighted by atomic mass is 10.2. The normalized spacial score (nSPS) is 16.7. The van der Waals surface area contributed by atoms with Gasteiger partial charge in [-0.1, -0.05) is 25.1 Å². The summed E-state index contributed by atoms with van der Waals surface area (Å²) in [7, 11) is 0. The second-order valence-corrected chi connectivity index (χ2v) is 3.55. The molecule has 2 rings (SSSR count). The third kappa shape index (κ3) is 1.86. The van der Waals surface area contributed by atoms with E-state index in [1.807, 2.05) is 31.2 Å². The van der Waals surface area contributed by atoms with E-state index in [4.69, 9.17) is 10.6 Å². The first-order valence-corrected chi connectivity index (χ1v) is 5.05. The molecule has 15 heavy (non-hydrogen) atoms. The van der Waals surface area contributed by atoms with Gasteiger partial charge in [-0.15, -0.1) is 0 Å². The number of carbonyl (C=O) groups is 1. The van der Waals surface area contributed by atoms with Gasteiger partial charge in [0.2, 0.25) is 0 Å². The molecule has 4 heteroatoms. The van der Waals surface area contributed by atoms with E-state index < -0.39 is 6.23 Å². The molecule has 0 bridgehead atoms. The van der Waals surface area contributed by atoms with Crippen LogP contribution >= 0.6 is 0 Å². The second kappa shape index (κ2) is 4.00. The summed E-state index contributed by atoms with van der Waals surface area (Å²) in [4.78, 5) is 17.0. The molecule has 0 fully saturated rings. The molecule has 1 aliphatic heterocycles. The second-order valence-electron chi connectivity index (χ2n) is 3.55. The highest BCUT2D eigenvalue weighted by atomic mass is 16.7. The largest absolute Gasteiger partial charge is 0.304 e. The van der Waals surface area contributed by atoms with Gasteiger partial charge in [-0.3, -0.25) is 4.79 Å². The fourth-order valence-electron chi connectivity index (χ4n) is 1.55. The molecular weight excluding hydrogens is 192 g/mol. The van der Waals surface area contributed by atoms with Gasteiger partial charge in [-0.25, -0.2) is 4.84 Å². The smallest absolute Gasteiger partial charge is 0.255 e. The van der Waals surface area contributed by atoms with Crippen LogP contribution in [0, 0.1) is 0 Å². The quantitative estimate of drug-likeness (QED) is 0.756. The van der Waals surface area contributed by atoms with Crippen molar-refractivity contribution in [2.24, 2.45) is 5.73 Å². The van der Waals surface area contributed by atoms with Gasteiger partial charge in [-0.05, 0) is 18.1 Å². The molecule has 1 aromatic rings. The van der Waals surface area contributed by atoms with E-state index in [2.05, 4.69) is 0 Å². The maximum Gasteiger partial charge on any atom is 0.255 e. The Labute approximate surface area is 88.6 Å². The Bertz CT molecular complexity index is 379. The lowest BCUT2D eigenvalue weighted by molar-refractivity contribution is -0.126. The number of benzene rings is 1. The summed E-state index contributed by atoms with van der Waals surface area (Å²) in [5, 5.41) is 1.31. The Hall–Kier alpha value is -1.39. The number of hydrogen-bond acceptors (Lipinski definition) is 3. The summed E-state index contributed by atoms with van der Waals surface area (Å²) < 4.78 is 0. The first-order chi connectivity index (χ1) is 7.22. The van der Waals surface area contributed by atoms with Crippen molar-refractivity contribution < 1.29 is 9.63 Å². The van der Waals surface area contributed by atoms with Crippen molar-refractivity contribution in [3.8, 4) is 0 Å². The van der Waals surface area contributed by atoms with Gasteiger partial charge < -0.3 is 5.73 Å². The topological polar surface area (TPSA) is 55.6 Å². The van der Waals surface area contributed by atoms with Crippen molar-refractivity contribution in [1.82, 2.24) is 0 Å². The number of hydrogen-bond donors (Lipinski definition) is 1. The minimum Gasteiger partial charge on any atom is -0.304 e. The molecule has 2 N–H and O–H groups in total. The number of para-hydroxylation sites is 1. The van der Waals surface area contributed by atoms with E-state index in [9.17, 15) is 4.79 Å². The van der Waals surface area contributed by atoms with Gasteiger partial charge in [-0.2, -0.15) is 5.06 Å². The van der Waals surface area contributed by atoms with E-state index in [1.54, 1.807) is 0 Å². The highest BCUT2D eigenvalue weighted by Crippen LogP contribution is 2.28. The van der Waals surface area contributed by atoms with Crippen LogP contribution < -0.4 is 10.8 Å². The molecule has 0 spiro atoms. The monoisotopic (exact) mass is 206 g/mol. The number of rotatable bonds is 3. The Morgan fingerprint density at radius 3 is 3.00 bits per heavy atom. The molecule has 0 aliphatic carbocycles. The zero-order valence-electron chi connectivity index (χ0n) is 8.64. The van der Waals surface area contributed by atoms with Crippen LogP contribution in [0.5, 0.6) is 0 Å². The number of carbonyl (C=O) groups excluding carboxylic acids is 1. The van der Waals surface area contributed by atoms with Crippen molar-refractivity contribution >= 4 is 11.6 Å². The van der Waals surface area contributed by atoms with E-state index in [0.717, 1.165) is 11.3 Å². The maximum absolute atomic E-state index is 11.6.